The summed E-state index contributed by atoms with van der Waals surface area (Å²) in [5, 5.41) is 1.24. The van der Waals surface area contributed by atoms with Crippen LogP contribution in [0.4, 0.5) is 0 Å². The van der Waals surface area contributed by atoms with E-state index in [1.807, 2.05) is 18.5 Å². The average molecular weight is 311 g/mol. The predicted molar refractivity (Wildman–Crippen MR) is 98.5 cm³/mol. The Hall–Kier alpha value is -3.00. The fourth-order valence-corrected chi connectivity index (χ4v) is 3.33. The Balaban J connectivity index is 1.97. The van der Waals surface area contributed by atoms with Crippen LogP contribution in [0.15, 0.2) is 79.1 Å². The summed E-state index contributed by atoms with van der Waals surface area (Å²) in [6.45, 7) is 2.16. The van der Waals surface area contributed by atoms with Gasteiger partial charge in [0.05, 0.1) is 5.39 Å². The summed E-state index contributed by atoms with van der Waals surface area (Å²) in [5.41, 5.74) is 7.37. The average Bonchev–Trinajstić information content (AvgIpc) is 2.63. The number of pyridine rings is 2. The van der Waals surface area contributed by atoms with E-state index in [2.05, 4.69) is 84.2 Å². The van der Waals surface area contributed by atoms with E-state index in [1.165, 1.54) is 33.3 Å². The lowest BCUT2D eigenvalue weighted by molar-refractivity contribution is -0.633. The highest BCUT2D eigenvalue weighted by atomic mass is 14.9. The summed E-state index contributed by atoms with van der Waals surface area (Å²) in [5.74, 6) is 0. The molecule has 2 heteroatoms. The van der Waals surface area contributed by atoms with Crippen molar-refractivity contribution in [2.24, 2.45) is 7.05 Å². The molecule has 0 saturated heterocycles. The van der Waals surface area contributed by atoms with Crippen molar-refractivity contribution in [2.45, 2.75) is 6.92 Å². The predicted octanol–water partition coefficient (Wildman–Crippen LogP) is 4.70. The lowest BCUT2D eigenvalue weighted by Crippen LogP contribution is -2.32. The molecule has 0 N–H and O–H groups in total. The van der Waals surface area contributed by atoms with Crippen molar-refractivity contribution in [3.8, 4) is 22.4 Å². The molecule has 0 spiro atoms. The van der Waals surface area contributed by atoms with Crippen molar-refractivity contribution in [1.29, 1.82) is 0 Å². The number of benzene rings is 2. The van der Waals surface area contributed by atoms with Crippen LogP contribution in [-0.4, -0.2) is 4.98 Å². The van der Waals surface area contributed by atoms with Crippen LogP contribution < -0.4 is 4.57 Å². The quantitative estimate of drug-likeness (QED) is 0.490. The largest absolute Gasteiger partial charge is 0.264 e. The van der Waals surface area contributed by atoms with Crippen LogP contribution in [0.5, 0.6) is 0 Å². The van der Waals surface area contributed by atoms with Crippen LogP contribution in [0, 0.1) is 6.92 Å². The first-order valence-corrected chi connectivity index (χ1v) is 8.14. The molecule has 116 valence electrons. The zero-order valence-electron chi connectivity index (χ0n) is 13.9. The first-order chi connectivity index (χ1) is 11.8. The van der Waals surface area contributed by atoms with Crippen LogP contribution in [-0.2, 0) is 7.05 Å². The first-order valence-electron chi connectivity index (χ1n) is 8.14. The second kappa shape index (κ2) is 5.89. The molecule has 0 aliphatic rings. The van der Waals surface area contributed by atoms with Gasteiger partial charge in [-0.05, 0) is 36.2 Å². The Kier molecular flexibility index (Phi) is 3.58. The molecule has 0 radical (unpaired) electrons. The van der Waals surface area contributed by atoms with E-state index >= 15 is 0 Å². The molecule has 2 heterocycles. The Morgan fingerprint density at radius 1 is 0.792 bits per heavy atom. The lowest BCUT2D eigenvalue weighted by Gasteiger charge is -2.09. The maximum absolute atomic E-state index is 4.26. The molecule has 0 amide bonds. The molecule has 0 bridgehead atoms. The molecule has 0 atom stereocenters. The number of aromatic nitrogens is 2. The maximum Gasteiger partial charge on any atom is 0.213 e. The minimum atomic E-state index is 1.15. The Morgan fingerprint density at radius 2 is 1.62 bits per heavy atom. The van der Waals surface area contributed by atoms with Crippen LogP contribution in [0.3, 0.4) is 0 Å². The number of aryl methyl sites for hydroxylation is 2. The fourth-order valence-electron chi connectivity index (χ4n) is 3.33. The van der Waals surface area contributed by atoms with Crippen molar-refractivity contribution in [1.82, 2.24) is 4.98 Å². The minimum absolute atomic E-state index is 1.15. The van der Waals surface area contributed by atoms with Crippen molar-refractivity contribution in [2.75, 3.05) is 0 Å². The Morgan fingerprint density at radius 3 is 2.42 bits per heavy atom. The molecule has 2 aromatic carbocycles. The SMILES string of the molecule is Cc1ccccc1-c1ccc2c(-c3cccnc3)cccc2[n+]1C. The Bertz CT molecular complexity index is 1020. The van der Waals surface area contributed by atoms with E-state index in [-0.39, 0.29) is 0 Å². The third-order valence-corrected chi connectivity index (χ3v) is 4.61. The molecule has 0 fully saturated rings. The van der Waals surface area contributed by atoms with Crippen LogP contribution >= 0.6 is 0 Å². The van der Waals surface area contributed by atoms with Crippen molar-refractivity contribution >= 4 is 10.9 Å². The van der Waals surface area contributed by atoms with Gasteiger partial charge in [-0.1, -0.05) is 36.4 Å². The van der Waals surface area contributed by atoms with Gasteiger partial charge in [-0.25, -0.2) is 0 Å². The van der Waals surface area contributed by atoms with E-state index < -0.39 is 0 Å². The smallest absolute Gasteiger partial charge is 0.213 e. The van der Waals surface area contributed by atoms with E-state index in [4.69, 9.17) is 0 Å². The van der Waals surface area contributed by atoms with Crippen LogP contribution in [0.2, 0.25) is 0 Å². The van der Waals surface area contributed by atoms with Gasteiger partial charge in [0.1, 0.15) is 7.05 Å². The molecule has 0 aliphatic carbocycles. The van der Waals surface area contributed by atoms with E-state index in [0.717, 1.165) is 5.56 Å². The number of hydrogen-bond acceptors (Lipinski definition) is 1. The van der Waals surface area contributed by atoms with Gasteiger partial charge in [0.25, 0.3) is 0 Å². The van der Waals surface area contributed by atoms with E-state index in [1.54, 1.807) is 0 Å². The third-order valence-electron chi connectivity index (χ3n) is 4.61. The zero-order chi connectivity index (χ0) is 16.5. The highest BCUT2D eigenvalue weighted by Gasteiger charge is 2.17. The molecule has 0 saturated carbocycles. The van der Waals surface area contributed by atoms with Crippen molar-refractivity contribution < 1.29 is 4.57 Å². The standard InChI is InChI=1S/C22H19N2/c1-16-7-3-4-9-18(16)22-13-12-20-19(17-8-6-14-23-15-17)10-5-11-21(20)24(22)2/h3-15H,1-2H3/q+1. The summed E-state index contributed by atoms with van der Waals surface area (Å²) >= 11 is 0. The Labute approximate surface area is 142 Å². The van der Waals surface area contributed by atoms with Gasteiger partial charge < -0.3 is 0 Å². The molecule has 4 aromatic rings. The minimum Gasteiger partial charge on any atom is -0.264 e. The molecular weight excluding hydrogens is 292 g/mol. The summed E-state index contributed by atoms with van der Waals surface area (Å²) < 4.78 is 2.28. The number of hydrogen-bond donors (Lipinski definition) is 0. The van der Waals surface area contributed by atoms with Crippen LogP contribution in [0.1, 0.15) is 5.56 Å². The maximum atomic E-state index is 4.26. The fraction of sp³-hybridized carbons (Fsp3) is 0.0909. The van der Waals surface area contributed by atoms with Crippen LogP contribution in [0.25, 0.3) is 33.3 Å². The van der Waals surface area contributed by atoms with Crippen molar-refractivity contribution in [3.63, 3.8) is 0 Å². The first kappa shape index (κ1) is 14.6. The molecular formula is C22H19N2+. The summed E-state index contributed by atoms with van der Waals surface area (Å²) in [7, 11) is 2.14. The van der Waals surface area contributed by atoms with Gasteiger partial charge in [0, 0.05) is 35.7 Å². The van der Waals surface area contributed by atoms with Gasteiger partial charge in [0.15, 0.2) is 0 Å². The van der Waals surface area contributed by atoms with Gasteiger partial charge in [-0.2, -0.15) is 4.57 Å². The second-order valence-corrected chi connectivity index (χ2v) is 6.07. The number of nitrogens with zero attached hydrogens (tertiary/aromatic N) is 2. The molecule has 2 aromatic heterocycles. The molecule has 0 aliphatic heterocycles. The zero-order valence-corrected chi connectivity index (χ0v) is 13.9. The lowest BCUT2D eigenvalue weighted by atomic mass is 9.99. The molecule has 4 rings (SSSR count). The molecule has 24 heavy (non-hydrogen) atoms. The van der Waals surface area contributed by atoms with E-state index in [0.29, 0.717) is 0 Å². The van der Waals surface area contributed by atoms with Gasteiger partial charge >= 0.3 is 0 Å². The molecule has 0 unspecified atom stereocenters. The van der Waals surface area contributed by atoms with Gasteiger partial charge in [-0.3, -0.25) is 4.98 Å². The summed E-state index contributed by atoms with van der Waals surface area (Å²) in [6, 6.07) is 23.5. The highest BCUT2D eigenvalue weighted by Crippen LogP contribution is 2.29. The van der Waals surface area contributed by atoms with Crippen molar-refractivity contribution in [3.05, 3.63) is 84.7 Å². The second-order valence-electron chi connectivity index (χ2n) is 6.07. The summed E-state index contributed by atoms with van der Waals surface area (Å²) in [6.07, 6.45) is 3.73. The van der Waals surface area contributed by atoms with Gasteiger partial charge in [-0.15, -0.1) is 0 Å². The third kappa shape index (κ3) is 2.37. The van der Waals surface area contributed by atoms with Gasteiger partial charge in [0.2, 0.25) is 11.2 Å². The topological polar surface area (TPSA) is 16.8 Å². The monoisotopic (exact) mass is 311 g/mol. The number of fused-ring (bicyclic) bond motifs is 1. The summed E-state index contributed by atoms with van der Waals surface area (Å²) in [4.78, 5) is 4.26. The highest BCUT2D eigenvalue weighted by molar-refractivity contribution is 5.93. The molecule has 2 nitrogen and oxygen atoms in total. The number of rotatable bonds is 2. The van der Waals surface area contributed by atoms with E-state index in [9.17, 15) is 0 Å². The normalized spacial score (nSPS) is 10.9.